The smallest absolute Gasteiger partial charge is 0.00390 e. The molecule has 0 saturated carbocycles. The van der Waals surface area contributed by atoms with E-state index in [0.29, 0.717) is 11.3 Å². The molecule has 3 unspecified atom stereocenters. The van der Waals surface area contributed by atoms with Crippen LogP contribution in [0.1, 0.15) is 153 Å². The standard InChI is InChI=1S/C19H36.C9H19N.C4H8.C3H6.C2H5N.C2H6/c1-7-12-16-19(11-5,17(6)13-8-2)18(14-9-3)15-10-4;1-4-6-9(7-5-2)8(3)10;1-3-4-2;1-3-2;1-2-3;1-2/h9,11,17-18H,3,5,7-8,10,12-16H2,1-2,4,6H3;9H,3-7,10H2,1-2H3;3H,1,4H2,2H3;3H,1H2,2H3;2H,1,3H2;1-2H3. The molecule has 0 spiro atoms. The highest BCUT2D eigenvalue weighted by Gasteiger charge is 2.38. The lowest BCUT2D eigenvalue weighted by Gasteiger charge is -2.44. The van der Waals surface area contributed by atoms with Crippen molar-refractivity contribution in [1.29, 1.82) is 0 Å². The molecule has 0 rings (SSSR count). The first-order valence-corrected chi connectivity index (χ1v) is 16.8. The lowest BCUT2D eigenvalue weighted by atomic mass is 9.61. The van der Waals surface area contributed by atoms with Crippen LogP contribution in [0.5, 0.6) is 0 Å². The van der Waals surface area contributed by atoms with Crippen LogP contribution in [0.15, 0.2) is 75.7 Å². The highest BCUT2D eigenvalue weighted by atomic mass is 14.6. The first-order chi connectivity index (χ1) is 19.6. The molecule has 2 heteroatoms. The predicted octanol–water partition coefficient (Wildman–Crippen LogP) is 13.3. The van der Waals surface area contributed by atoms with Crippen molar-refractivity contribution in [2.75, 3.05) is 0 Å². The third-order valence-corrected chi connectivity index (χ3v) is 6.92. The number of allylic oxidation sites excluding steroid dienone is 5. The fourth-order valence-corrected chi connectivity index (χ4v) is 4.88. The molecule has 4 N–H and O–H groups in total. The molecule has 0 amide bonds. The Hall–Kier alpha value is -1.96. The van der Waals surface area contributed by atoms with Gasteiger partial charge in [0.05, 0.1) is 0 Å². The Morgan fingerprint density at radius 1 is 0.756 bits per heavy atom. The summed E-state index contributed by atoms with van der Waals surface area (Å²) in [6.45, 7) is 43.6. The van der Waals surface area contributed by atoms with Gasteiger partial charge in [-0.25, -0.2) is 0 Å². The van der Waals surface area contributed by atoms with E-state index in [4.69, 9.17) is 5.73 Å². The molecule has 0 aliphatic carbocycles. The molecule has 246 valence electrons. The molecule has 0 aliphatic rings. The van der Waals surface area contributed by atoms with Gasteiger partial charge in [0.25, 0.3) is 0 Å². The molecule has 0 radical (unpaired) electrons. The van der Waals surface area contributed by atoms with Crippen LogP contribution in [0.2, 0.25) is 0 Å². The maximum atomic E-state index is 5.61. The predicted molar refractivity (Wildman–Crippen MR) is 198 cm³/mol. The minimum absolute atomic E-state index is 0.316. The monoisotopic (exact) mass is 577 g/mol. The molecule has 0 aromatic rings. The van der Waals surface area contributed by atoms with E-state index >= 15 is 0 Å². The van der Waals surface area contributed by atoms with Gasteiger partial charge in [-0.3, -0.25) is 0 Å². The van der Waals surface area contributed by atoms with E-state index in [9.17, 15) is 0 Å². The topological polar surface area (TPSA) is 52.0 Å². The second-order valence-electron chi connectivity index (χ2n) is 10.3. The van der Waals surface area contributed by atoms with Gasteiger partial charge in [-0.15, -0.1) is 26.3 Å². The Morgan fingerprint density at radius 2 is 1.15 bits per heavy atom. The molecular weight excluding hydrogens is 496 g/mol. The lowest BCUT2D eigenvalue weighted by Crippen LogP contribution is -2.35. The van der Waals surface area contributed by atoms with Gasteiger partial charge in [0.15, 0.2) is 0 Å². The Morgan fingerprint density at radius 3 is 1.39 bits per heavy atom. The highest BCUT2D eigenvalue weighted by molar-refractivity contribution is 5.03. The normalized spacial score (nSPS) is 12.0. The van der Waals surface area contributed by atoms with Crippen molar-refractivity contribution in [2.45, 2.75) is 153 Å². The number of nitrogens with two attached hydrogens (primary N) is 2. The maximum absolute atomic E-state index is 5.61. The summed E-state index contributed by atoms with van der Waals surface area (Å²) in [5.74, 6) is 2.02. The Labute approximate surface area is 262 Å². The summed E-state index contributed by atoms with van der Waals surface area (Å²) in [6.07, 6.45) is 25.4. The van der Waals surface area contributed by atoms with E-state index < -0.39 is 0 Å². The van der Waals surface area contributed by atoms with Crippen LogP contribution in [0.4, 0.5) is 0 Å². The van der Waals surface area contributed by atoms with Gasteiger partial charge in [-0.2, -0.15) is 0 Å². The summed E-state index contributed by atoms with van der Waals surface area (Å²) in [7, 11) is 0. The molecule has 0 aromatic carbocycles. The van der Waals surface area contributed by atoms with Gasteiger partial charge in [-0.1, -0.05) is 145 Å². The van der Waals surface area contributed by atoms with Crippen molar-refractivity contribution in [3.05, 3.63) is 75.7 Å². The number of unbranched alkanes of at least 4 members (excludes halogenated alkanes) is 1. The van der Waals surface area contributed by atoms with Crippen LogP contribution in [0.25, 0.3) is 0 Å². The van der Waals surface area contributed by atoms with Crippen molar-refractivity contribution < 1.29 is 0 Å². The molecule has 41 heavy (non-hydrogen) atoms. The zero-order valence-electron chi connectivity index (χ0n) is 30.2. The Balaban J connectivity index is -0.000000116. The molecule has 0 aromatic heterocycles. The second-order valence-corrected chi connectivity index (χ2v) is 10.3. The molecule has 0 bridgehead atoms. The van der Waals surface area contributed by atoms with Gasteiger partial charge in [0, 0.05) is 5.70 Å². The Bertz CT molecular complexity index is 536. The first-order valence-electron chi connectivity index (χ1n) is 16.8. The van der Waals surface area contributed by atoms with Crippen molar-refractivity contribution in [1.82, 2.24) is 0 Å². The summed E-state index contributed by atoms with van der Waals surface area (Å²) >= 11 is 0. The summed E-state index contributed by atoms with van der Waals surface area (Å²) in [4.78, 5) is 0. The van der Waals surface area contributed by atoms with Gasteiger partial charge in [-0.05, 0) is 74.8 Å². The van der Waals surface area contributed by atoms with Crippen LogP contribution in [-0.2, 0) is 0 Å². The zero-order chi connectivity index (χ0) is 33.5. The number of rotatable bonds is 18. The van der Waals surface area contributed by atoms with Crippen LogP contribution in [0, 0.1) is 23.2 Å². The molecule has 0 fully saturated rings. The van der Waals surface area contributed by atoms with Crippen LogP contribution < -0.4 is 11.5 Å². The third kappa shape index (κ3) is 34.1. The van der Waals surface area contributed by atoms with Crippen LogP contribution >= 0.6 is 0 Å². The fourth-order valence-electron chi connectivity index (χ4n) is 4.88. The lowest BCUT2D eigenvalue weighted by molar-refractivity contribution is 0.108. The van der Waals surface area contributed by atoms with Crippen molar-refractivity contribution in [2.24, 2.45) is 34.6 Å². The van der Waals surface area contributed by atoms with Crippen LogP contribution in [-0.4, -0.2) is 0 Å². The molecule has 0 aliphatic heterocycles. The van der Waals surface area contributed by atoms with Gasteiger partial charge in [0.1, 0.15) is 0 Å². The van der Waals surface area contributed by atoms with Crippen molar-refractivity contribution in [3.8, 4) is 0 Å². The molecule has 0 saturated heterocycles. The fraction of sp³-hybridized carbons (Fsp3) is 0.692. The van der Waals surface area contributed by atoms with E-state index in [2.05, 4.69) is 106 Å². The summed E-state index contributed by atoms with van der Waals surface area (Å²) in [6, 6.07) is 0. The highest BCUT2D eigenvalue weighted by Crippen LogP contribution is 2.47. The minimum Gasteiger partial charge on any atom is -0.405 e. The first kappa shape index (κ1) is 51.8. The number of hydrogen-bond donors (Lipinski definition) is 2. The van der Waals surface area contributed by atoms with Crippen molar-refractivity contribution >= 4 is 0 Å². The SMILES string of the molecule is C=C(N)C(CCC)CCC.C=CC.C=CCC.C=CCC(CCC)C(C=C)(CCCC)C(C)CCC.C=CN.CC. The van der Waals surface area contributed by atoms with Crippen molar-refractivity contribution in [3.63, 3.8) is 0 Å². The molecule has 2 nitrogen and oxygen atoms in total. The molecule has 0 heterocycles. The van der Waals surface area contributed by atoms with Crippen LogP contribution in [0.3, 0.4) is 0 Å². The summed E-state index contributed by atoms with van der Waals surface area (Å²) in [5.41, 5.74) is 11.4. The largest absolute Gasteiger partial charge is 0.405 e. The van der Waals surface area contributed by atoms with E-state index in [1.54, 1.807) is 6.08 Å². The van der Waals surface area contributed by atoms with Gasteiger partial charge >= 0.3 is 0 Å². The third-order valence-electron chi connectivity index (χ3n) is 6.92. The van der Waals surface area contributed by atoms with E-state index in [0.717, 1.165) is 30.4 Å². The maximum Gasteiger partial charge on any atom is 0.00390 e. The average molecular weight is 577 g/mol. The number of hydrogen-bond acceptors (Lipinski definition) is 2. The molecule has 3 atom stereocenters. The summed E-state index contributed by atoms with van der Waals surface area (Å²) in [5, 5.41) is 0. The quantitative estimate of drug-likeness (QED) is 0.159. The second kappa shape index (κ2) is 45.0. The average Bonchev–Trinajstić information content (AvgIpc) is 2.96. The van der Waals surface area contributed by atoms with E-state index in [1.165, 1.54) is 76.8 Å². The van der Waals surface area contributed by atoms with Gasteiger partial charge in [0.2, 0.25) is 0 Å². The summed E-state index contributed by atoms with van der Waals surface area (Å²) < 4.78 is 0. The van der Waals surface area contributed by atoms with E-state index in [1.807, 2.05) is 26.8 Å². The Kier molecular flexibility index (Phi) is 56.8. The minimum atomic E-state index is 0.316. The van der Waals surface area contributed by atoms with E-state index in [-0.39, 0.29) is 0 Å². The zero-order valence-corrected chi connectivity index (χ0v) is 30.2. The van der Waals surface area contributed by atoms with Gasteiger partial charge < -0.3 is 11.5 Å². The molecular formula is C39H80N2.